The van der Waals surface area contributed by atoms with Gasteiger partial charge < -0.3 is 30.4 Å². The molecular formula is C38H46N8O4. The number of imidazole rings is 2. The number of carbonyl (C=O) groups is 4. The molecule has 4 atom stereocenters. The maximum Gasteiger partial charge on any atom is 0.246 e. The quantitative estimate of drug-likeness (QED) is 0.201. The number of nitrogens with one attached hydrogen (secondary N) is 4. The maximum atomic E-state index is 13.5. The van der Waals surface area contributed by atoms with Crippen molar-refractivity contribution in [3.8, 4) is 11.8 Å². The highest BCUT2D eigenvalue weighted by atomic mass is 16.2. The summed E-state index contributed by atoms with van der Waals surface area (Å²) in [5, 5.41) is 5.65. The summed E-state index contributed by atoms with van der Waals surface area (Å²) >= 11 is 0. The zero-order valence-electron chi connectivity index (χ0n) is 29.6. The second kappa shape index (κ2) is 14.4. The van der Waals surface area contributed by atoms with Crippen LogP contribution in [-0.4, -0.2) is 78.5 Å². The van der Waals surface area contributed by atoms with Crippen molar-refractivity contribution in [2.75, 3.05) is 13.1 Å². The highest BCUT2D eigenvalue weighted by molar-refractivity contribution is 5.88. The van der Waals surface area contributed by atoms with E-state index in [0.29, 0.717) is 13.1 Å². The van der Waals surface area contributed by atoms with Gasteiger partial charge in [0.05, 0.1) is 34.2 Å². The monoisotopic (exact) mass is 678 g/mol. The zero-order chi connectivity index (χ0) is 35.7. The number of hydrogen-bond acceptors (Lipinski definition) is 6. The molecule has 0 unspecified atom stereocenters. The van der Waals surface area contributed by atoms with Crippen molar-refractivity contribution < 1.29 is 19.2 Å². The molecule has 2 aromatic heterocycles. The molecule has 2 saturated heterocycles. The van der Waals surface area contributed by atoms with Gasteiger partial charge in [0.2, 0.25) is 23.6 Å². The smallest absolute Gasteiger partial charge is 0.246 e. The Balaban J connectivity index is 1.18. The van der Waals surface area contributed by atoms with Crippen LogP contribution in [0.15, 0.2) is 36.4 Å². The molecule has 2 fully saturated rings. The van der Waals surface area contributed by atoms with Crippen LogP contribution in [0.3, 0.4) is 0 Å². The molecule has 4 heterocycles. The third kappa shape index (κ3) is 7.22. The first kappa shape index (κ1) is 34.7. The van der Waals surface area contributed by atoms with Crippen molar-refractivity contribution in [2.45, 2.75) is 91.4 Å². The van der Waals surface area contributed by atoms with Gasteiger partial charge >= 0.3 is 0 Å². The SMILES string of the molecule is CC(=O)N[C@@H](C(=O)N1CCC[C@@H]1c1nc2ccc(C#Cc3ccc4nc([C@H]5CCCN5C(=O)[C@H](NC(C)=O)C(C)C)[nH]c4c3)cc2[nH]1)C(C)C. The average molecular weight is 679 g/mol. The van der Waals surface area contributed by atoms with Gasteiger partial charge in [0.15, 0.2) is 0 Å². The predicted octanol–water partition coefficient (Wildman–Crippen LogP) is 4.49. The molecule has 12 nitrogen and oxygen atoms in total. The van der Waals surface area contributed by atoms with Crippen LogP contribution in [0.2, 0.25) is 0 Å². The van der Waals surface area contributed by atoms with E-state index in [9.17, 15) is 19.2 Å². The third-order valence-corrected chi connectivity index (χ3v) is 9.64. The van der Waals surface area contributed by atoms with Gasteiger partial charge in [0.25, 0.3) is 0 Å². The Morgan fingerprint density at radius 1 is 0.700 bits per heavy atom. The summed E-state index contributed by atoms with van der Waals surface area (Å²) in [6, 6.07) is 10.2. The molecule has 4 aromatic rings. The van der Waals surface area contributed by atoms with E-state index in [-0.39, 0.29) is 47.5 Å². The van der Waals surface area contributed by atoms with E-state index in [4.69, 9.17) is 9.97 Å². The number of aromatic nitrogens is 4. The molecule has 2 aliphatic heterocycles. The molecular weight excluding hydrogens is 632 g/mol. The molecule has 0 bridgehead atoms. The van der Waals surface area contributed by atoms with Crippen molar-refractivity contribution in [3.63, 3.8) is 0 Å². The Kier molecular flexibility index (Phi) is 9.95. The molecule has 0 spiro atoms. The molecule has 0 aliphatic carbocycles. The lowest BCUT2D eigenvalue weighted by Crippen LogP contribution is -2.50. The van der Waals surface area contributed by atoms with Gasteiger partial charge in [0.1, 0.15) is 23.7 Å². The molecule has 4 amide bonds. The largest absolute Gasteiger partial charge is 0.344 e. The Morgan fingerprint density at radius 3 is 1.46 bits per heavy atom. The Bertz CT molecular complexity index is 1860. The van der Waals surface area contributed by atoms with Crippen LogP contribution in [0, 0.1) is 23.7 Å². The number of likely N-dealkylation sites (tertiary alicyclic amines) is 2. The summed E-state index contributed by atoms with van der Waals surface area (Å²) in [7, 11) is 0. The third-order valence-electron chi connectivity index (χ3n) is 9.64. The molecule has 2 aromatic carbocycles. The second-order valence-corrected chi connectivity index (χ2v) is 14.2. The number of nitrogens with zero attached hydrogens (tertiary/aromatic N) is 4. The van der Waals surface area contributed by atoms with Gasteiger partial charge in [-0.3, -0.25) is 19.2 Å². The van der Waals surface area contributed by atoms with E-state index in [1.807, 2.05) is 73.9 Å². The fourth-order valence-electron chi connectivity index (χ4n) is 7.13. The van der Waals surface area contributed by atoms with E-state index >= 15 is 0 Å². The average Bonchev–Trinajstić information content (AvgIpc) is 3.88. The highest BCUT2D eigenvalue weighted by Gasteiger charge is 2.38. The van der Waals surface area contributed by atoms with Crippen LogP contribution in [0.4, 0.5) is 0 Å². The minimum atomic E-state index is -0.577. The molecule has 6 rings (SSSR count). The van der Waals surface area contributed by atoms with Crippen molar-refractivity contribution in [2.24, 2.45) is 11.8 Å². The number of hydrogen-bond donors (Lipinski definition) is 4. The highest BCUT2D eigenvalue weighted by Crippen LogP contribution is 2.34. The number of benzene rings is 2. The Labute approximate surface area is 292 Å². The molecule has 262 valence electrons. The van der Waals surface area contributed by atoms with Gasteiger partial charge in [-0.25, -0.2) is 9.97 Å². The van der Waals surface area contributed by atoms with Gasteiger partial charge in [-0.2, -0.15) is 0 Å². The van der Waals surface area contributed by atoms with E-state index in [2.05, 4.69) is 32.4 Å². The van der Waals surface area contributed by atoms with Gasteiger partial charge in [0, 0.05) is 38.1 Å². The lowest BCUT2D eigenvalue weighted by Gasteiger charge is -2.30. The normalized spacial score (nSPS) is 18.8. The summed E-state index contributed by atoms with van der Waals surface area (Å²) < 4.78 is 0. The minimum absolute atomic E-state index is 0.0337. The van der Waals surface area contributed by atoms with E-state index < -0.39 is 12.1 Å². The van der Waals surface area contributed by atoms with Crippen LogP contribution in [0.5, 0.6) is 0 Å². The van der Waals surface area contributed by atoms with Crippen LogP contribution < -0.4 is 10.6 Å². The number of aromatic amines is 2. The van der Waals surface area contributed by atoms with Gasteiger partial charge in [-0.15, -0.1) is 0 Å². The van der Waals surface area contributed by atoms with Gasteiger partial charge in [-0.1, -0.05) is 39.5 Å². The fourth-order valence-corrected chi connectivity index (χ4v) is 7.13. The lowest BCUT2D eigenvalue weighted by atomic mass is 10.0. The van der Waals surface area contributed by atoms with Crippen LogP contribution in [-0.2, 0) is 19.2 Å². The first-order valence-corrected chi connectivity index (χ1v) is 17.6. The molecule has 50 heavy (non-hydrogen) atoms. The van der Waals surface area contributed by atoms with Crippen LogP contribution in [0.1, 0.15) is 102 Å². The second-order valence-electron chi connectivity index (χ2n) is 14.2. The summed E-state index contributed by atoms with van der Waals surface area (Å²) in [5.74, 6) is 7.34. The van der Waals surface area contributed by atoms with Crippen molar-refractivity contribution >= 4 is 45.7 Å². The summed E-state index contributed by atoms with van der Waals surface area (Å²) in [4.78, 5) is 70.7. The fraction of sp³-hybridized carbons (Fsp3) is 0.474. The standard InChI is InChI=1S/C38H46N8O4/c1-21(2)33(39-23(5)47)37(49)45-17-7-9-31(45)35-41-27-15-13-25(19-29(27)43-35)11-12-26-14-16-28-30(20-26)44-36(42-28)32-10-8-18-46(32)38(50)34(22(3)4)40-24(6)48/h13-16,19-22,31-34H,7-10,17-18H2,1-6H3,(H,39,47)(H,40,48)(H,41,43)(H,42,44)/t31-,32-,33-,34-/m1/s1. The number of H-pyrrole nitrogens is 2. The molecule has 4 N–H and O–H groups in total. The molecule has 0 saturated carbocycles. The molecule has 0 radical (unpaired) electrons. The number of rotatable bonds is 8. The zero-order valence-corrected chi connectivity index (χ0v) is 29.6. The van der Waals surface area contributed by atoms with Crippen molar-refractivity contribution in [1.29, 1.82) is 0 Å². The summed E-state index contributed by atoms with van der Waals surface area (Å²) in [5.41, 5.74) is 4.93. The van der Waals surface area contributed by atoms with Gasteiger partial charge in [-0.05, 0) is 73.9 Å². The van der Waals surface area contributed by atoms with E-state index in [0.717, 1.165) is 70.5 Å². The number of carbonyl (C=O) groups excluding carboxylic acids is 4. The minimum Gasteiger partial charge on any atom is -0.344 e. The maximum absolute atomic E-state index is 13.5. The molecule has 12 heteroatoms. The van der Waals surface area contributed by atoms with Crippen molar-refractivity contribution in [3.05, 3.63) is 59.2 Å². The van der Waals surface area contributed by atoms with Crippen LogP contribution >= 0.6 is 0 Å². The number of amides is 4. The first-order chi connectivity index (χ1) is 23.9. The van der Waals surface area contributed by atoms with Crippen LogP contribution in [0.25, 0.3) is 22.1 Å². The van der Waals surface area contributed by atoms with E-state index in [1.165, 1.54) is 13.8 Å². The predicted molar refractivity (Wildman–Crippen MR) is 190 cm³/mol. The Morgan fingerprint density at radius 2 is 1.10 bits per heavy atom. The summed E-state index contributed by atoms with van der Waals surface area (Å²) in [6.45, 7) is 11.9. The Hall–Kier alpha value is -5.18. The molecule has 2 aliphatic rings. The lowest BCUT2D eigenvalue weighted by molar-refractivity contribution is -0.138. The van der Waals surface area contributed by atoms with Crippen molar-refractivity contribution in [1.82, 2.24) is 40.4 Å². The first-order valence-electron chi connectivity index (χ1n) is 17.6. The summed E-state index contributed by atoms with van der Waals surface area (Å²) in [6.07, 6.45) is 3.33. The number of fused-ring (bicyclic) bond motifs is 2. The topological polar surface area (TPSA) is 156 Å². The van der Waals surface area contributed by atoms with E-state index in [1.54, 1.807) is 0 Å².